The van der Waals surface area contributed by atoms with E-state index in [0.29, 0.717) is 18.0 Å². The summed E-state index contributed by atoms with van der Waals surface area (Å²) in [5.74, 6) is 0.596. The first-order valence-corrected chi connectivity index (χ1v) is 6.98. The van der Waals surface area contributed by atoms with E-state index in [4.69, 9.17) is 4.74 Å². The van der Waals surface area contributed by atoms with E-state index in [2.05, 4.69) is 57.3 Å². The fraction of sp³-hybridized carbons (Fsp3) is 0.625. The molecule has 102 valence electrons. The van der Waals surface area contributed by atoms with Crippen LogP contribution in [0, 0.1) is 0 Å². The highest BCUT2D eigenvalue weighted by Crippen LogP contribution is 2.18. The first-order chi connectivity index (χ1) is 8.54. The van der Waals surface area contributed by atoms with Crippen LogP contribution in [0.1, 0.15) is 57.7 Å². The highest BCUT2D eigenvalue weighted by Gasteiger charge is 2.09. The van der Waals surface area contributed by atoms with E-state index in [1.807, 2.05) is 6.92 Å². The van der Waals surface area contributed by atoms with Gasteiger partial charge in [0.15, 0.2) is 0 Å². The van der Waals surface area contributed by atoms with Crippen LogP contribution in [-0.2, 0) is 4.74 Å². The van der Waals surface area contributed by atoms with Gasteiger partial charge in [0.2, 0.25) is 0 Å². The molecule has 0 aliphatic heterocycles. The zero-order chi connectivity index (χ0) is 13.5. The highest BCUT2D eigenvalue weighted by molar-refractivity contribution is 5.26. The number of hydrogen-bond acceptors (Lipinski definition) is 2. The van der Waals surface area contributed by atoms with Crippen molar-refractivity contribution in [3.05, 3.63) is 35.4 Å². The monoisotopic (exact) mass is 249 g/mol. The molecule has 2 atom stereocenters. The molecule has 0 aliphatic carbocycles. The minimum absolute atomic E-state index is 0.363. The van der Waals surface area contributed by atoms with E-state index < -0.39 is 0 Å². The molecule has 0 saturated carbocycles. The van der Waals surface area contributed by atoms with Crippen molar-refractivity contribution in [2.75, 3.05) is 13.2 Å². The van der Waals surface area contributed by atoms with Crippen LogP contribution in [-0.4, -0.2) is 19.3 Å². The lowest BCUT2D eigenvalue weighted by molar-refractivity contribution is 0.124. The Morgan fingerprint density at radius 3 is 2.06 bits per heavy atom. The molecule has 0 aromatic heterocycles. The minimum Gasteiger partial charge on any atom is -0.380 e. The first kappa shape index (κ1) is 15.2. The molecule has 18 heavy (non-hydrogen) atoms. The summed E-state index contributed by atoms with van der Waals surface area (Å²) in [6.07, 6.45) is 0. The SMILES string of the molecule is CCOCC(C)NC(C)c1ccc(C(C)C)cc1. The molecule has 1 aromatic rings. The van der Waals surface area contributed by atoms with Crippen LogP contribution >= 0.6 is 0 Å². The largest absolute Gasteiger partial charge is 0.380 e. The molecule has 0 saturated heterocycles. The van der Waals surface area contributed by atoms with Gasteiger partial charge in [0.25, 0.3) is 0 Å². The van der Waals surface area contributed by atoms with E-state index in [1.165, 1.54) is 11.1 Å². The molecule has 2 heteroatoms. The number of ether oxygens (including phenoxy) is 1. The Morgan fingerprint density at radius 2 is 1.56 bits per heavy atom. The summed E-state index contributed by atoms with van der Waals surface area (Å²) in [6, 6.07) is 9.64. The second kappa shape index (κ2) is 7.55. The van der Waals surface area contributed by atoms with Crippen molar-refractivity contribution in [3.8, 4) is 0 Å². The van der Waals surface area contributed by atoms with E-state index in [9.17, 15) is 0 Å². The maximum Gasteiger partial charge on any atom is 0.0616 e. The van der Waals surface area contributed by atoms with E-state index in [1.54, 1.807) is 0 Å². The summed E-state index contributed by atoms with van der Waals surface area (Å²) in [4.78, 5) is 0. The number of benzene rings is 1. The molecule has 2 unspecified atom stereocenters. The molecule has 0 radical (unpaired) electrons. The first-order valence-electron chi connectivity index (χ1n) is 6.98. The van der Waals surface area contributed by atoms with Gasteiger partial charge in [-0.1, -0.05) is 38.1 Å². The van der Waals surface area contributed by atoms with Crippen LogP contribution < -0.4 is 5.32 Å². The van der Waals surface area contributed by atoms with Crippen LogP contribution in [0.15, 0.2) is 24.3 Å². The second-order valence-electron chi connectivity index (χ2n) is 5.27. The van der Waals surface area contributed by atoms with Crippen LogP contribution in [0.3, 0.4) is 0 Å². The van der Waals surface area contributed by atoms with E-state index >= 15 is 0 Å². The number of rotatable bonds is 7. The maximum atomic E-state index is 5.42. The lowest BCUT2D eigenvalue weighted by Crippen LogP contribution is -2.32. The van der Waals surface area contributed by atoms with Gasteiger partial charge in [0, 0.05) is 18.7 Å². The van der Waals surface area contributed by atoms with Crippen molar-refractivity contribution in [2.24, 2.45) is 0 Å². The van der Waals surface area contributed by atoms with Gasteiger partial charge in [0.05, 0.1) is 6.61 Å². The predicted octanol–water partition coefficient (Wildman–Crippen LogP) is 3.89. The van der Waals surface area contributed by atoms with Crippen molar-refractivity contribution in [1.29, 1.82) is 0 Å². The Kier molecular flexibility index (Phi) is 6.37. The fourth-order valence-corrected chi connectivity index (χ4v) is 2.04. The Balaban J connectivity index is 2.53. The molecule has 0 fully saturated rings. The Labute approximate surface area is 112 Å². The molecule has 0 heterocycles. The molecule has 0 aliphatic rings. The van der Waals surface area contributed by atoms with Crippen LogP contribution in [0.25, 0.3) is 0 Å². The van der Waals surface area contributed by atoms with Gasteiger partial charge in [-0.3, -0.25) is 0 Å². The quantitative estimate of drug-likeness (QED) is 0.791. The van der Waals surface area contributed by atoms with E-state index in [-0.39, 0.29) is 0 Å². The van der Waals surface area contributed by atoms with Crippen molar-refractivity contribution < 1.29 is 4.74 Å². The highest BCUT2D eigenvalue weighted by atomic mass is 16.5. The van der Waals surface area contributed by atoms with Crippen LogP contribution in [0.5, 0.6) is 0 Å². The van der Waals surface area contributed by atoms with Gasteiger partial charge in [-0.05, 0) is 37.8 Å². The normalized spacial score (nSPS) is 14.8. The lowest BCUT2D eigenvalue weighted by Gasteiger charge is -2.20. The zero-order valence-corrected chi connectivity index (χ0v) is 12.4. The molecular weight excluding hydrogens is 222 g/mol. The molecular formula is C16H27NO. The molecule has 1 rings (SSSR count). The third-order valence-corrected chi connectivity index (χ3v) is 3.21. The third-order valence-electron chi connectivity index (χ3n) is 3.21. The van der Waals surface area contributed by atoms with Crippen LogP contribution in [0.2, 0.25) is 0 Å². The summed E-state index contributed by atoms with van der Waals surface area (Å²) in [5.41, 5.74) is 2.73. The number of hydrogen-bond donors (Lipinski definition) is 1. The van der Waals surface area contributed by atoms with Crippen molar-refractivity contribution in [3.63, 3.8) is 0 Å². The van der Waals surface area contributed by atoms with E-state index in [0.717, 1.165) is 13.2 Å². The topological polar surface area (TPSA) is 21.3 Å². The van der Waals surface area contributed by atoms with Gasteiger partial charge in [-0.15, -0.1) is 0 Å². The average molecular weight is 249 g/mol. The number of nitrogens with one attached hydrogen (secondary N) is 1. The fourth-order valence-electron chi connectivity index (χ4n) is 2.04. The van der Waals surface area contributed by atoms with Crippen molar-refractivity contribution in [2.45, 2.75) is 52.6 Å². The third kappa shape index (κ3) is 4.79. The van der Waals surface area contributed by atoms with Gasteiger partial charge in [0.1, 0.15) is 0 Å². The average Bonchev–Trinajstić information content (AvgIpc) is 2.36. The van der Waals surface area contributed by atoms with Crippen molar-refractivity contribution >= 4 is 0 Å². The lowest BCUT2D eigenvalue weighted by atomic mass is 9.99. The van der Waals surface area contributed by atoms with Gasteiger partial charge in [-0.25, -0.2) is 0 Å². The molecule has 0 amide bonds. The van der Waals surface area contributed by atoms with Gasteiger partial charge >= 0.3 is 0 Å². The summed E-state index contributed by atoms with van der Waals surface area (Å²) in [6.45, 7) is 12.4. The smallest absolute Gasteiger partial charge is 0.0616 e. The zero-order valence-electron chi connectivity index (χ0n) is 12.4. The van der Waals surface area contributed by atoms with Gasteiger partial charge < -0.3 is 10.1 Å². The molecule has 1 aromatic carbocycles. The molecule has 1 N–H and O–H groups in total. The Hall–Kier alpha value is -0.860. The summed E-state index contributed by atoms with van der Waals surface area (Å²) >= 11 is 0. The van der Waals surface area contributed by atoms with Crippen LogP contribution in [0.4, 0.5) is 0 Å². The second-order valence-corrected chi connectivity index (χ2v) is 5.27. The molecule has 0 spiro atoms. The molecule has 2 nitrogen and oxygen atoms in total. The standard InChI is InChI=1S/C16H27NO/c1-6-18-11-13(4)17-14(5)16-9-7-15(8-10-16)12(2)3/h7-10,12-14,17H,6,11H2,1-5H3. The van der Waals surface area contributed by atoms with Gasteiger partial charge in [-0.2, -0.15) is 0 Å². The maximum absolute atomic E-state index is 5.42. The predicted molar refractivity (Wildman–Crippen MR) is 78.0 cm³/mol. The Bertz CT molecular complexity index is 331. The van der Waals surface area contributed by atoms with Crippen molar-refractivity contribution in [1.82, 2.24) is 5.32 Å². The minimum atomic E-state index is 0.363. The molecule has 0 bridgehead atoms. The summed E-state index contributed by atoms with van der Waals surface area (Å²) < 4.78 is 5.42. The summed E-state index contributed by atoms with van der Waals surface area (Å²) in [7, 11) is 0. The summed E-state index contributed by atoms with van der Waals surface area (Å²) in [5, 5.41) is 3.55. The Morgan fingerprint density at radius 1 is 1.00 bits per heavy atom.